The second-order valence-corrected chi connectivity index (χ2v) is 6.23. The maximum Gasteiger partial charge on any atom is 0.0642 e. The van der Waals surface area contributed by atoms with Gasteiger partial charge in [0.1, 0.15) is 0 Å². The van der Waals surface area contributed by atoms with Crippen LogP contribution in [0.15, 0.2) is 53.4 Å². The minimum Gasteiger partial charge on any atom is -0.381 e. The summed E-state index contributed by atoms with van der Waals surface area (Å²) in [5.41, 5.74) is 3.74. The molecule has 0 amide bonds. The third-order valence-corrected chi connectivity index (χ3v) is 4.64. The molecule has 1 aliphatic rings. The smallest absolute Gasteiger partial charge is 0.0642 e. The number of benzene rings is 2. The van der Waals surface area contributed by atoms with Gasteiger partial charge in [-0.05, 0) is 48.2 Å². The molecule has 0 saturated carbocycles. The van der Waals surface area contributed by atoms with Gasteiger partial charge in [-0.2, -0.15) is 0 Å². The van der Waals surface area contributed by atoms with Gasteiger partial charge in [0.2, 0.25) is 0 Å². The number of hydrogen-bond donors (Lipinski definition) is 1. The predicted molar refractivity (Wildman–Crippen MR) is 102 cm³/mol. The van der Waals surface area contributed by atoms with E-state index in [-0.39, 0.29) is 12.4 Å². The number of nitrogens with zero attached hydrogens (tertiary/aromatic N) is 1. The Labute approximate surface area is 148 Å². The summed E-state index contributed by atoms with van der Waals surface area (Å²) in [6, 6.07) is 17.4. The Balaban J connectivity index is 0.00000192. The molecule has 3 rings (SSSR count). The van der Waals surface area contributed by atoms with Gasteiger partial charge in [0, 0.05) is 35.9 Å². The van der Waals surface area contributed by atoms with Crippen LogP contribution in [-0.2, 0) is 11.3 Å². The lowest BCUT2D eigenvalue weighted by atomic mass is 10.2. The maximum absolute atomic E-state index is 5.39. The normalized spacial score (nSPS) is 14.2. The van der Waals surface area contributed by atoms with Crippen molar-refractivity contribution < 1.29 is 4.74 Å². The zero-order valence-corrected chi connectivity index (χ0v) is 15.0. The summed E-state index contributed by atoms with van der Waals surface area (Å²) in [6.07, 6.45) is 2.10. The van der Waals surface area contributed by atoms with Gasteiger partial charge in [-0.25, -0.2) is 0 Å². The predicted octanol–water partition coefficient (Wildman–Crippen LogP) is 4.28. The fourth-order valence-corrected chi connectivity index (χ4v) is 2.97. The van der Waals surface area contributed by atoms with Crippen LogP contribution in [0, 0.1) is 0 Å². The van der Waals surface area contributed by atoms with E-state index in [1.165, 1.54) is 16.1 Å². The second-order valence-electron chi connectivity index (χ2n) is 5.35. The van der Waals surface area contributed by atoms with Crippen molar-refractivity contribution in [2.45, 2.75) is 11.4 Å². The molecule has 124 valence electrons. The van der Waals surface area contributed by atoms with Gasteiger partial charge in [0.25, 0.3) is 0 Å². The van der Waals surface area contributed by atoms with Crippen molar-refractivity contribution >= 4 is 35.5 Å². The summed E-state index contributed by atoms with van der Waals surface area (Å²) in [7, 11) is 0. The fourth-order valence-electron chi connectivity index (χ4n) is 2.56. The van der Waals surface area contributed by atoms with Crippen molar-refractivity contribution in [3.8, 4) is 0 Å². The Bertz CT molecular complexity index is 583. The molecule has 0 aliphatic carbocycles. The third kappa shape index (κ3) is 5.06. The lowest BCUT2D eigenvalue weighted by molar-refractivity contribution is 0.122. The monoisotopic (exact) mass is 350 g/mol. The largest absolute Gasteiger partial charge is 0.381 e. The Morgan fingerprint density at radius 2 is 1.65 bits per heavy atom. The van der Waals surface area contributed by atoms with Crippen LogP contribution in [0.25, 0.3) is 0 Å². The Morgan fingerprint density at radius 3 is 2.26 bits per heavy atom. The van der Waals surface area contributed by atoms with E-state index in [1.54, 1.807) is 11.8 Å². The standard InChI is InChI=1S/C18H22N2OS.ClH/c1-22-18-8-2-15(3-9-18)14-19-16-4-6-17(7-5-16)20-10-12-21-13-11-20;/h2-9,19H,10-14H2,1H3;1H. The highest BCUT2D eigenvalue weighted by molar-refractivity contribution is 7.98. The molecule has 2 aromatic rings. The van der Waals surface area contributed by atoms with E-state index in [0.29, 0.717) is 0 Å². The van der Waals surface area contributed by atoms with Gasteiger partial charge in [-0.3, -0.25) is 0 Å². The number of halogens is 1. The molecule has 0 bridgehead atoms. The number of thioether (sulfide) groups is 1. The number of rotatable bonds is 5. The van der Waals surface area contributed by atoms with E-state index in [0.717, 1.165) is 38.5 Å². The highest BCUT2D eigenvalue weighted by atomic mass is 35.5. The van der Waals surface area contributed by atoms with Gasteiger partial charge in [0.15, 0.2) is 0 Å². The molecular formula is C18H23ClN2OS. The van der Waals surface area contributed by atoms with Crippen LogP contribution in [0.2, 0.25) is 0 Å². The van der Waals surface area contributed by atoms with Crippen LogP contribution >= 0.6 is 24.2 Å². The molecule has 2 aromatic carbocycles. The molecule has 0 spiro atoms. The fraction of sp³-hybridized carbons (Fsp3) is 0.333. The lowest BCUT2D eigenvalue weighted by Gasteiger charge is -2.28. The van der Waals surface area contributed by atoms with Crippen molar-refractivity contribution in [2.24, 2.45) is 0 Å². The lowest BCUT2D eigenvalue weighted by Crippen LogP contribution is -2.36. The van der Waals surface area contributed by atoms with Gasteiger partial charge in [-0.1, -0.05) is 12.1 Å². The van der Waals surface area contributed by atoms with Gasteiger partial charge in [0.05, 0.1) is 13.2 Å². The van der Waals surface area contributed by atoms with Gasteiger partial charge < -0.3 is 15.0 Å². The van der Waals surface area contributed by atoms with E-state index in [1.807, 2.05) is 0 Å². The average molecular weight is 351 g/mol. The highest BCUT2D eigenvalue weighted by Crippen LogP contribution is 2.20. The van der Waals surface area contributed by atoms with Crippen molar-refractivity contribution in [3.05, 3.63) is 54.1 Å². The first kappa shape index (κ1) is 18.0. The molecule has 1 N–H and O–H groups in total. The van der Waals surface area contributed by atoms with Crippen molar-refractivity contribution in [1.82, 2.24) is 0 Å². The number of ether oxygens (including phenoxy) is 1. The topological polar surface area (TPSA) is 24.5 Å². The Hall–Kier alpha value is -1.36. The zero-order valence-electron chi connectivity index (χ0n) is 13.3. The quantitative estimate of drug-likeness (QED) is 0.813. The number of anilines is 2. The Kier molecular flexibility index (Phi) is 7.09. The molecule has 5 heteroatoms. The molecule has 0 unspecified atom stereocenters. The summed E-state index contributed by atoms with van der Waals surface area (Å²) in [5, 5.41) is 3.48. The number of nitrogens with one attached hydrogen (secondary N) is 1. The van der Waals surface area contributed by atoms with Crippen LogP contribution in [-0.4, -0.2) is 32.6 Å². The summed E-state index contributed by atoms with van der Waals surface area (Å²) in [6.45, 7) is 4.47. The van der Waals surface area contributed by atoms with Crippen LogP contribution in [0.1, 0.15) is 5.56 Å². The van der Waals surface area contributed by atoms with Crippen LogP contribution in [0.5, 0.6) is 0 Å². The number of hydrogen-bond acceptors (Lipinski definition) is 4. The second kappa shape index (κ2) is 9.06. The van der Waals surface area contributed by atoms with E-state index < -0.39 is 0 Å². The molecule has 3 nitrogen and oxygen atoms in total. The molecule has 23 heavy (non-hydrogen) atoms. The molecule has 1 saturated heterocycles. The average Bonchev–Trinajstić information content (AvgIpc) is 2.61. The van der Waals surface area contributed by atoms with Crippen molar-refractivity contribution in [1.29, 1.82) is 0 Å². The highest BCUT2D eigenvalue weighted by Gasteiger charge is 2.10. The molecular weight excluding hydrogens is 328 g/mol. The van der Waals surface area contributed by atoms with Crippen LogP contribution in [0.4, 0.5) is 11.4 Å². The first-order valence-corrected chi connectivity index (χ1v) is 8.87. The van der Waals surface area contributed by atoms with Crippen LogP contribution in [0.3, 0.4) is 0 Å². The first-order chi connectivity index (χ1) is 10.8. The molecule has 1 fully saturated rings. The van der Waals surface area contributed by atoms with E-state index in [2.05, 4.69) is 65.0 Å². The van der Waals surface area contributed by atoms with E-state index in [4.69, 9.17) is 4.74 Å². The van der Waals surface area contributed by atoms with Crippen molar-refractivity contribution in [2.75, 3.05) is 42.8 Å². The van der Waals surface area contributed by atoms with Crippen LogP contribution < -0.4 is 10.2 Å². The zero-order chi connectivity index (χ0) is 15.2. The first-order valence-electron chi connectivity index (χ1n) is 7.65. The van der Waals surface area contributed by atoms with E-state index in [9.17, 15) is 0 Å². The molecule has 0 radical (unpaired) electrons. The molecule has 0 atom stereocenters. The SMILES string of the molecule is CSc1ccc(CNc2ccc(N3CCOCC3)cc2)cc1.Cl. The number of morpholine rings is 1. The van der Waals surface area contributed by atoms with Crippen molar-refractivity contribution in [3.63, 3.8) is 0 Å². The Morgan fingerprint density at radius 1 is 1.00 bits per heavy atom. The minimum absolute atomic E-state index is 0. The van der Waals surface area contributed by atoms with E-state index >= 15 is 0 Å². The van der Waals surface area contributed by atoms with Gasteiger partial charge >= 0.3 is 0 Å². The summed E-state index contributed by atoms with van der Waals surface area (Å²) >= 11 is 1.77. The molecule has 1 heterocycles. The molecule has 1 aliphatic heterocycles. The third-order valence-electron chi connectivity index (χ3n) is 3.90. The maximum atomic E-state index is 5.39. The molecule has 0 aromatic heterocycles. The van der Waals surface area contributed by atoms with Gasteiger partial charge in [-0.15, -0.1) is 24.2 Å². The summed E-state index contributed by atoms with van der Waals surface area (Å²) < 4.78 is 5.39. The summed E-state index contributed by atoms with van der Waals surface area (Å²) in [4.78, 5) is 3.67. The minimum atomic E-state index is 0. The summed E-state index contributed by atoms with van der Waals surface area (Å²) in [5.74, 6) is 0.